The van der Waals surface area contributed by atoms with E-state index in [1.54, 1.807) is 25.3 Å². The van der Waals surface area contributed by atoms with E-state index in [0.717, 1.165) is 9.13 Å². The maximum Gasteiger partial charge on any atom is 0.174 e. The highest BCUT2D eigenvalue weighted by Gasteiger charge is 2.13. The predicted molar refractivity (Wildman–Crippen MR) is 106 cm³/mol. The third kappa shape index (κ3) is 4.75. The van der Waals surface area contributed by atoms with E-state index in [1.807, 2.05) is 18.2 Å². The van der Waals surface area contributed by atoms with Crippen molar-refractivity contribution < 1.29 is 9.47 Å². The number of nitrogens with one attached hydrogen (secondary N) is 2. The molecule has 2 rings (SSSR count). The minimum absolute atomic E-state index is 0. The number of ether oxygens (including phenoxy) is 2. The van der Waals surface area contributed by atoms with E-state index in [2.05, 4.69) is 22.6 Å². The summed E-state index contributed by atoms with van der Waals surface area (Å²) in [6, 6.07) is 10.8. The summed E-state index contributed by atoms with van der Waals surface area (Å²) < 4.78 is 12.0. The highest BCUT2D eigenvalue weighted by atomic mass is 127. The molecule has 8 heteroatoms. The van der Waals surface area contributed by atoms with Gasteiger partial charge in [-0.15, -0.1) is 12.4 Å². The molecule has 0 radical (unpaired) electrons. The molecule has 6 N–H and O–H groups in total. The van der Waals surface area contributed by atoms with Gasteiger partial charge in [-0.3, -0.25) is 10.8 Å². The number of methoxy groups -OCH3 is 1. The van der Waals surface area contributed by atoms with Crippen LogP contribution in [0, 0.1) is 14.4 Å². The summed E-state index contributed by atoms with van der Waals surface area (Å²) in [5.74, 6) is 1.10. The van der Waals surface area contributed by atoms with Gasteiger partial charge in [0.25, 0.3) is 0 Å². The van der Waals surface area contributed by atoms with Crippen LogP contribution in [0.25, 0.3) is 0 Å². The molecule has 0 aliphatic carbocycles. The van der Waals surface area contributed by atoms with Gasteiger partial charge in [0, 0.05) is 11.1 Å². The maximum atomic E-state index is 7.52. The minimum Gasteiger partial charge on any atom is -0.493 e. The molecule has 24 heavy (non-hydrogen) atoms. The van der Waals surface area contributed by atoms with Crippen molar-refractivity contribution in [2.45, 2.75) is 6.61 Å². The highest BCUT2D eigenvalue weighted by Crippen LogP contribution is 2.34. The summed E-state index contributed by atoms with van der Waals surface area (Å²) in [6.45, 7) is 0.312. The van der Waals surface area contributed by atoms with Gasteiger partial charge < -0.3 is 20.9 Å². The average Bonchev–Trinajstić information content (AvgIpc) is 2.53. The average molecular weight is 461 g/mol. The van der Waals surface area contributed by atoms with Gasteiger partial charge in [-0.25, -0.2) is 0 Å². The molecule has 6 nitrogen and oxygen atoms in total. The Hall–Kier alpha value is -2.00. The van der Waals surface area contributed by atoms with Crippen LogP contribution >= 0.6 is 35.0 Å². The molecule has 2 aromatic rings. The van der Waals surface area contributed by atoms with E-state index in [0.29, 0.717) is 29.2 Å². The third-order valence-corrected chi connectivity index (χ3v) is 3.96. The van der Waals surface area contributed by atoms with Gasteiger partial charge in [-0.05, 0) is 46.4 Å². The van der Waals surface area contributed by atoms with Gasteiger partial charge in [-0.1, -0.05) is 18.2 Å². The quantitative estimate of drug-likeness (QED) is 0.301. The van der Waals surface area contributed by atoms with Crippen LogP contribution in [0.5, 0.6) is 11.5 Å². The second-order valence-corrected chi connectivity index (χ2v) is 5.97. The van der Waals surface area contributed by atoms with Crippen molar-refractivity contribution in [3.63, 3.8) is 0 Å². The third-order valence-electron chi connectivity index (χ3n) is 3.16. The minimum atomic E-state index is -0.0260. The largest absolute Gasteiger partial charge is 0.493 e. The first kappa shape index (κ1) is 20.0. The van der Waals surface area contributed by atoms with Crippen LogP contribution in [0.4, 0.5) is 0 Å². The van der Waals surface area contributed by atoms with Crippen LogP contribution in [-0.2, 0) is 6.61 Å². The summed E-state index contributed by atoms with van der Waals surface area (Å²) in [7, 11) is 1.54. The Labute approximate surface area is 160 Å². The van der Waals surface area contributed by atoms with Crippen LogP contribution in [-0.4, -0.2) is 18.8 Å². The van der Waals surface area contributed by atoms with Crippen LogP contribution in [0.3, 0.4) is 0 Å². The predicted octanol–water partition coefficient (Wildman–Crippen LogP) is 2.87. The molecule has 0 aromatic heterocycles. The fraction of sp³-hybridized carbons (Fsp3) is 0.125. The first-order valence-electron chi connectivity index (χ1n) is 6.70. The van der Waals surface area contributed by atoms with Crippen molar-refractivity contribution >= 4 is 46.7 Å². The van der Waals surface area contributed by atoms with Gasteiger partial charge in [0.1, 0.15) is 18.3 Å². The van der Waals surface area contributed by atoms with Crippen molar-refractivity contribution in [1.29, 1.82) is 10.8 Å². The Morgan fingerprint density at radius 3 is 2.33 bits per heavy atom. The molecule has 0 aliphatic rings. The Balaban J connectivity index is 0.00000288. The number of halogens is 2. The summed E-state index contributed by atoms with van der Waals surface area (Å²) in [4.78, 5) is 0. The highest BCUT2D eigenvalue weighted by molar-refractivity contribution is 14.1. The molecule has 0 spiro atoms. The standard InChI is InChI=1S/C16H17IN4O2.ClH/c1-22-13-7-11(16(20)21)6-12(17)14(13)23-8-9-3-2-4-10(5-9)15(18)19;/h2-7H,8H2,1H3,(H3,18,19)(H3,20,21);1H. The van der Waals surface area contributed by atoms with Crippen molar-refractivity contribution in [2.75, 3.05) is 7.11 Å². The fourth-order valence-corrected chi connectivity index (χ4v) is 2.76. The Morgan fingerprint density at radius 1 is 1.08 bits per heavy atom. The molecule has 0 saturated carbocycles. The monoisotopic (exact) mass is 460 g/mol. The molecule has 2 aromatic carbocycles. The summed E-state index contributed by atoms with van der Waals surface area (Å²) in [6.07, 6.45) is 0. The lowest BCUT2D eigenvalue weighted by Gasteiger charge is -2.14. The maximum absolute atomic E-state index is 7.52. The fourth-order valence-electron chi connectivity index (χ4n) is 2.00. The lowest BCUT2D eigenvalue weighted by Crippen LogP contribution is -2.12. The topological polar surface area (TPSA) is 118 Å². The SMILES string of the molecule is COc1cc(C(=N)N)cc(I)c1OCc1cccc(C(=N)N)c1.Cl. The molecule has 0 aliphatic heterocycles. The first-order chi connectivity index (χ1) is 10.9. The summed E-state index contributed by atoms with van der Waals surface area (Å²) in [5.41, 5.74) is 13.1. The molecule has 0 heterocycles. The van der Waals surface area contributed by atoms with E-state index in [1.165, 1.54) is 0 Å². The van der Waals surface area contributed by atoms with E-state index in [4.69, 9.17) is 31.8 Å². The van der Waals surface area contributed by atoms with E-state index >= 15 is 0 Å². The van der Waals surface area contributed by atoms with Crippen molar-refractivity contribution in [3.8, 4) is 11.5 Å². The number of benzene rings is 2. The number of amidine groups is 2. The van der Waals surface area contributed by atoms with Crippen LogP contribution in [0.2, 0.25) is 0 Å². The molecule has 0 unspecified atom stereocenters. The van der Waals surface area contributed by atoms with Crippen molar-refractivity contribution in [1.82, 2.24) is 0 Å². The molecular weight excluding hydrogens is 443 g/mol. The van der Waals surface area contributed by atoms with Crippen molar-refractivity contribution in [2.24, 2.45) is 11.5 Å². The number of hydrogen-bond acceptors (Lipinski definition) is 4. The number of rotatable bonds is 6. The number of hydrogen-bond donors (Lipinski definition) is 4. The van der Waals surface area contributed by atoms with Crippen LogP contribution < -0.4 is 20.9 Å². The molecule has 0 amide bonds. The second-order valence-electron chi connectivity index (χ2n) is 4.81. The van der Waals surface area contributed by atoms with Gasteiger partial charge >= 0.3 is 0 Å². The molecule has 128 valence electrons. The zero-order valence-electron chi connectivity index (χ0n) is 12.9. The molecular formula is C16H18ClIN4O2. The zero-order valence-corrected chi connectivity index (χ0v) is 15.9. The Bertz CT molecular complexity index is 768. The van der Waals surface area contributed by atoms with Crippen LogP contribution in [0.1, 0.15) is 16.7 Å². The summed E-state index contributed by atoms with van der Waals surface area (Å²) >= 11 is 2.12. The lowest BCUT2D eigenvalue weighted by molar-refractivity contribution is 0.282. The zero-order chi connectivity index (χ0) is 17.0. The van der Waals surface area contributed by atoms with Gasteiger partial charge in [0.2, 0.25) is 0 Å². The van der Waals surface area contributed by atoms with Crippen molar-refractivity contribution in [3.05, 3.63) is 56.7 Å². The smallest absolute Gasteiger partial charge is 0.174 e. The van der Waals surface area contributed by atoms with Crippen LogP contribution in [0.15, 0.2) is 36.4 Å². The number of nitrogens with two attached hydrogens (primary N) is 2. The number of nitrogen functional groups attached to an aromatic ring is 2. The van der Waals surface area contributed by atoms with E-state index < -0.39 is 0 Å². The lowest BCUT2D eigenvalue weighted by atomic mass is 10.1. The first-order valence-corrected chi connectivity index (χ1v) is 7.78. The summed E-state index contributed by atoms with van der Waals surface area (Å²) in [5, 5.41) is 15.0. The van der Waals surface area contributed by atoms with Gasteiger partial charge in [0.05, 0.1) is 10.7 Å². The normalized spacial score (nSPS) is 9.75. The molecule has 0 bridgehead atoms. The second kappa shape index (κ2) is 8.74. The molecule has 0 fully saturated rings. The van der Waals surface area contributed by atoms with Gasteiger partial charge in [-0.2, -0.15) is 0 Å². The molecule has 0 atom stereocenters. The Morgan fingerprint density at radius 2 is 1.75 bits per heavy atom. The Kier molecular flexibility index (Phi) is 7.30. The van der Waals surface area contributed by atoms with E-state index in [-0.39, 0.29) is 24.1 Å². The molecule has 0 saturated heterocycles. The van der Waals surface area contributed by atoms with Gasteiger partial charge in [0.15, 0.2) is 11.5 Å². The van der Waals surface area contributed by atoms with E-state index in [9.17, 15) is 0 Å².